The van der Waals surface area contributed by atoms with Gasteiger partial charge in [-0.05, 0) is 43.4 Å². The molecule has 0 bridgehead atoms. The van der Waals surface area contributed by atoms with Gasteiger partial charge in [0.2, 0.25) is 5.91 Å². The van der Waals surface area contributed by atoms with Crippen molar-refractivity contribution < 1.29 is 14.3 Å². The van der Waals surface area contributed by atoms with Gasteiger partial charge >= 0.3 is 0 Å². The van der Waals surface area contributed by atoms with Crippen LogP contribution in [0.4, 0.5) is 4.39 Å². The fourth-order valence-corrected chi connectivity index (χ4v) is 2.31. The standard InChI is InChI=1S/C14H18FNO2/c1-9-5-6-10(7-12(9)15)8-16-14(18)11-3-2-4-13(11)17/h5-7,11,13,17H,2-4,8H2,1H3,(H,16,18). The SMILES string of the molecule is Cc1ccc(CNC(=O)C2CCCC2O)cc1F. The zero-order chi connectivity index (χ0) is 13.1. The van der Waals surface area contributed by atoms with Gasteiger partial charge in [0.15, 0.2) is 0 Å². The summed E-state index contributed by atoms with van der Waals surface area (Å²) < 4.78 is 13.3. The van der Waals surface area contributed by atoms with Gasteiger partial charge in [-0.2, -0.15) is 0 Å². The molecule has 0 aliphatic heterocycles. The van der Waals surface area contributed by atoms with Crippen LogP contribution in [0.3, 0.4) is 0 Å². The average molecular weight is 251 g/mol. The molecule has 1 aliphatic carbocycles. The normalized spacial score (nSPS) is 23.1. The number of aliphatic hydroxyl groups excluding tert-OH is 1. The molecule has 0 spiro atoms. The summed E-state index contributed by atoms with van der Waals surface area (Å²) in [5.41, 5.74) is 1.33. The van der Waals surface area contributed by atoms with Crippen LogP contribution in [0.1, 0.15) is 30.4 Å². The Morgan fingerprint density at radius 2 is 2.28 bits per heavy atom. The first-order valence-corrected chi connectivity index (χ1v) is 6.28. The zero-order valence-electron chi connectivity index (χ0n) is 10.4. The molecule has 1 saturated carbocycles. The predicted molar refractivity (Wildman–Crippen MR) is 66.3 cm³/mol. The van der Waals surface area contributed by atoms with E-state index in [-0.39, 0.29) is 17.6 Å². The van der Waals surface area contributed by atoms with Crippen molar-refractivity contribution >= 4 is 5.91 Å². The van der Waals surface area contributed by atoms with Crippen LogP contribution in [0, 0.1) is 18.7 Å². The molecular formula is C14H18FNO2. The summed E-state index contributed by atoms with van der Waals surface area (Å²) in [6.45, 7) is 2.01. The number of aliphatic hydroxyl groups is 1. The quantitative estimate of drug-likeness (QED) is 0.862. The van der Waals surface area contributed by atoms with Crippen molar-refractivity contribution in [1.82, 2.24) is 5.32 Å². The van der Waals surface area contributed by atoms with Crippen molar-refractivity contribution in [1.29, 1.82) is 0 Å². The number of aryl methyl sites for hydroxylation is 1. The molecule has 2 atom stereocenters. The number of halogens is 1. The third-order valence-corrected chi connectivity index (χ3v) is 3.52. The van der Waals surface area contributed by atoms with Crippen LogP contribution in [-0.2, 0) is 11.3 Å². The molecule has 1 fully saturated rings. The molecule has 4 heteroatoms. The molecule has 0 radical (unpaired) electrons. The summed E-state index contributed by atoms with van der Waals surface area (Å²) >= 11 is 0. The molecule has 0 aromatic heterocycles. The first kappa shape index (κ1) is 13.0. The third kappa shape index (κ3) is 2.88. The molecule has 0 heterocycles. The van der Waals surface area contributed by atoms with Gasteiger partial charge in [-0.25, -0.2) is 4.39 Å². The van der Waals surface area contributed by atoms with Gasteiger partial charge in [0.05, 0.1) is 12.0 Å². The summed E-state index contributed by atoms with van der Waals surface area (Å²) in [7, 11) is 0. The van der Waals surface area contributed by atoms with E-state index in [1.807, 2.05) is 0 Å². The zero-order valence-corrected chi connectivity index (χ0v) is 10.4. The minimum absolute atomic E-state index is 0.138. The van der Waals surface area contributed by atoms with Gasteiger partial charge in [0, 0.05) is 6.54 Å². The average Bonchev–Trinajstić information content (AvgIpc) is 2.77. The number of hydrogen-bond donors (Lipinski definition) is 2. The fourth-order valence-electron chi connectivity index (χ4n) is 2.31. The topological polar surface area (TPSA) is 49.3 Å². The molecule has 1 amide bonds. The van der Waals surface area contributed by atoms with Crippen LogP contribution in [0.15, 0.2) is 18.2 Å². The lowest BCUT2D eigenvalue weighted by molar-refractivity contribution is -0.127. The Morgan fingerprint density at radius 1 is 1.50 bits per heavy atom. The number of benzene rings is 1. The highest BCUT2D eigenvalue weighted by atomic mass is 19.1. The minimum Gasteiger partial charge on any atom is -0.392 e. The smallest absolute Gasteiger partial charge is 0.225 e. The largest absolute Gasteiger partial charge is 0.392 e. The molecule has 1 aromatic carbocycles. The van der Waals surface area contributed by atoms with E-state index in [4.69, 9.17) is 0 Å². The molecule has 2 N–H and O–H groups in total. The van der Waals surface area contributed by atoms with Gasteiger partial charge in [-0.1, -0.05) is 12.1 Å². The second-order valence-corrected chi connectivity index (χ2v) is 4.91. The second-order valence-electron chi connectivity index (χ2n) is 4.91. The van der Waals surface area contributed by atoms with E-state index in [0.29, 0.717) is 18.5 Å². The van der Waals surface area contributed by atoms with Gasteiger partial charge in [-0.15, -0.1) is 0 Å². The van der Waals surface area contributed by atoms with E-state index >= 15 is 0 Å². The lowest BCUT2D eigenvalue weighted by Crippen LogP contribution is -2.34. The number of carbonyl (C=O) groups is 1. The number of amides is 1. The maximum Gasteiger partial charge on any atom is 0.225 e. The molecule has 2 rings (SSSR count). The Bertz CT molecular complexity index is 447. The summed E-state index contributed by atoms with van der Waals surface area (Å²) in [6, 6.07) is 4.92. The molecule has 3 nitrogen and oxygen atoms in total. The molecule has 18 heavy (non-hydrogen) atoms. The van der Waals surface area contributed by atoms with E-state index in [1.165, 1.54) is 6.07 Å². The fraction of sp³-hybridized carbons (Fsp3) is 0.500. The molecule has 1 aliphatic rings. The van der Waals surface area contributed by atoms with Gasteiger partial charge in [-0.3, -0.25) is 4.79 Å². The maximum absolute atomic E-state index is 13.3. The van der Waals surface area contributed by atoms with Crippen LogP contribution in [-0.4, -0.2) is 17.1 Å². The summed E-state index contributed by atoms with van der Waals surface area (Å²) in [5.74, 6) is -0.705. The van der Waals surface area contributed by atoms with E-state index in [0.717, 1.165) is 18.4 Å². The van der Waals surface area contributed by atoms with Crippen LogP contribution in [0.25, 0.3) is 0 Å². The second kappa shape index (κ2) is 5.48. The van der Waals surface area contributed by atoms with Gasteiger partial charge < -0.3 is 10.4 Å². The van der Waals surface area contributed by atoms with E-state index in [2.05, 4.69) is 5.32 Å². The molecule has 98 valence electrons. The summed E-state index contributed by atoms with van der Waals surface area (Å²) in [5, 5.41) is 12.4. The number of rotatable bonds is 3. The Balaban J connectivity index is 1.91. The van der Waals surface area contributed by atoms with Gasteiger partial charge in [0.25, 0.3) is 0 Å². The Hall–Kier alpha value is -1.42. The first-order valence-electron chi connectivity index (χ1n) is 6.28. The van der Waals surface area contributed by atoms with E-state index in [9.17, 15) is 14.3 Å². The highest BCUT2D eigenvalue weighted by Crippen LogP contribution is 2.25. The summed E-state index contributed by atoms with van der Waals surface area (Å²) in [6.07, 6.45) is 1.78. The van der Waals surface area contributed by atoms with E-state index < -0.39 is 6.10 Å². The highest BCUT2D eigenvalue weighted by molar-refractivity contribution is 5.79. The highest BCUT2D eigenvalue weighted by Gasteiger charge is 2.31. The molecule has 2 unspecified atom stereocenters. The lowest BCUT2D eigenvalue weighted by atomic mass is 10.1. The molecular weight excluding hydrogens is 233 g/mol. The third-order valence-electron chi connectivity index (χ3n) is 3.52. The Kier molecular flexibility index (Phi) is 3.97. The van der Waals surface area contributed by atoms with Crippen LogP contribution in [0.2, 0.25) is 0 Å². The summed E-state index contributed by atoms with van der Waals surface area (Å²) in [4.78, 5) is 11.8. The van der Waals surface area contributed by atoms with Gasteiger partial charge in [0.1, 0.15) is 5.82 Å². The molecule has 0 saturated heterocycles. The Labute approximate surface area is 106 Å². The van der Waals surface area contributed by atoms with Crippen molar-refractivity contribution in [2.45, 2.75) is 38.8 Å². The lowest BCUT2D eigenvalue weighted by Gasteiger charge is -2.14. The van der Waals surface area contributed by atoms with Crippen molar-refractivity contribution in [3.8, 4) is 0 Å². The maximum atomic E-state index is 13.3. The number of hydrogen-bond acceptors (Lipinski definition) is 2. The first-order chi connectivity index (χ1) is 8.58. The van der Waals surface area contributed by atoms with Crippen LogP contribution in [0.5, 0.6) is 0 Å². The van der Waals surface area contributed by atoms with E-state index in [1.54, 1.807) is 19.1 Å². The Morgan fingerprint density at radius 3 is 2.89 bits per heavy atom. The number of nitrogens with one attached hydrogen (secondary N) is 1. The number of carbonyl (C=O) groups excluding carboxylic acids is 1. The van der Waals surface area contributed by atoms with Crippen molar-refractivity contribution in [2.75, 3.05) is 0 Å². The molecule has 1 aromatic rings. The van der Waals surface area contributed by atoms with Crippen LogP contribution < -0.4 is 5.32 Å². The van der Waals surface area contributed by atoms with Crippen molar-refractivity contribution in [2.24, 2.45) is 5.92 Å². The minimum atomic E-state index is -0.528. The van der Waals surface area contributed by atoms with Crippen molar-refractivity contribution in [3.05, 3.63) is 35.1 Å². The van der Waals surface area contributed by atoms with Crippen LogP contribution >= 0.6 is 0 Å². The van der Waals surface area contributed by atoms with Crippen molar-refractivity contribution in [3.63, 3.8) is 0 Å². The predicted octanol–water partition coefficient (Wildman–Crippen LogP) is 1.91. The monoisotopic (exact) mass is 251 g/mol.